The fourth-order valence-corrected chi connectivity index (χ4v) is 5.35. The fourth-order valence-electron chi connectivity index (χ4n) is 4.54. The Kier molecular flexibility index (Phi) is 6.24. The first-order valence-electron chi connectivity index (χ1n) is 11.6. The number of hydrogen-bond donors (Lipinski definition) is 1. The number of anilines is 1. The molecule has 1 saturated carbocycles. The van der Waals surface area contributed by atoms with Crippen molar-refractivity contribution in [1.29, 1.82) is 0 Å². The molecule has 2 aromatic carbocycles. The van der Waals surface area contributed by atoms with Crippen LogP contribution < -0.4 is 10.9 Å². The van der Waals surface area contributed by atoms with E-state index >= 15 is 0 Å². The van der Waals surface area contributed by atoms with Crippen molar-refractivity contribution >= 4 is 34.4 Å². The van der Waals surface area contributed by atoms with E-state index < -0.39 is 0 Å². The van der Waals surface area contributed by atoms with Gasteiger partial charge in [-0.1, -0.05) is 48.9 Å². The SMILES string of the molecule is Cc1ccc(C)c(-n2c(SCC(=O)Nc3ccnn3C3CCCC3)nc3ccccc3c2=O)c1. The molecule has 0 atom stereocenters. The van der Waals surface area contributed by atoms with Gasteiger partial charge in [-0.2, -0.15) is 5.10 Å². The molecule has 2 heterocycles. The average molecular weight is 474 g/mol. The zero-order valence-corrected chi connectivity index (χ0v) is 20.1. The summed E-state index contributed by atoms with van der Waals surface area (Å²) < 4.78 is 3.56. The molecule has 0 unspecified atom stereocenters. The summed E-state index contributed by atoms with van der Waals surface area (Å²) in [6.45, 7) is 3.97. The molecule has 8 heteroatoms. The van der Waals surface area contributed by atoms with E-state index in [2.05, 4.69) is 10.4 Å². The number of nitrogens with one attached hydrogen (secondary N) is 1. The van der Waals surface area contributed by atoms with E-state index in [9.17, 15) is 9.59 Å². The Balaban J connectivity index is 1.45. The van der Waals surface area contributed by atoms with Gasteiger partial charge in [-0.25, -0.2) is 9.67 Å². The highest BCUT2D eigenvalue weighted by Crippen LogP contribution is 2.31. The van der Waals surface area contributed by atoms with Crippen molar-refractivity contribution < 1.29 is 4.79 Å². The lowest BCUT2D eigenvalue weighted by Gasteiger charge is -2.16. The molecule has 0 spiro atoms. The van der Waals surface area contributed by atoms with Gasteiger partial charge in [-0.05, 0) is 56.0 Å². The van der Waals surface area contributed by atoms with Crippen molar-refractivity contribution in [1.82, 2.24) is 19.3 Å². The first-order valence-corrected chi connectivity index (χ1v) is 12.6. The van der Waals surface area contributed by atoms with Crippen molar-refractivity contribution in [3.05, 3.63) is 76.2 Å². The number of hydrogen-bond acceptors (Lipinski definition) is 5. The number of para-hydroxylation sites is 1. The van der Waals surface area contributed by atoms with E-state index in [0.717, 1.165) is 35.5 Å². The minimum absolute atomic E-state index is 0.130. The van der Waals surface area contributed by atoms with Crippen LogP contribution in [0.5, 0.6) is 0 Å². The normalized spacial score (nSPS) is 14.1. The van der Waals surface area contributed by atoms with Gasteiger partial charge in [0.25, 0.3) is 5.56 Å². The second kappa shape index (κ2) is 9.46. The highest BCUT2D eigenvalue weighted by molar-refractivity contribution is 7.99. The van der Waals surface area contributed by atoms with Gasteiger partial charge >= 0.3 is 0 Å². The Morgan fingerprint density at radius 2 is 1.91 bits per heavy atom. The molecule has 5 rings (SSSR count). The Labute approximate surface area is 202 Å². The van der Waals surface area contributed by atoms with Crippen LogP contribution in [-0.4, -0.2) is 31.0 Å². The number of fused-ring (bicyclic) bond motifs is 1. The summed E-state index contributed by atoms with van der Waals surface area (Å²) in [5, 5.41) is 8.47. The molecule has 1 aliphatic carbocycles. The Morgan fingerprint density at radius 1 is 1.12 bits per heavy atom. The summed E-state index contributed by atoms with van der Waals surface area (Å²) in [6.07, 6.45) is 6.28. The number of rotatable bonds is 6. The number of carbonyl (C=O) groups excluding carboxylic acids is 1. The summed E-state index contributed by atoms with van der Waals surface area (Å²) in [4.78, 5) is 31.1. The molecule has 1 aliphatic rings. The lowest BCUT2D eigenvalue weighted by Crippen LogP contribution is -2.24. The van der Waals surface area contributed by atoms with Crippen molar-refractivity contribution in [2.45, 2.75) is 50.7 Å². The van der Waals surface area contributed by atoms with Crippen LogP contribution in [0.25, 0.3) is 16.6 Å². The number of aryl methyl sites for hydroxylation is 2. The van der Waals surface area contributed by atoms with Crippen LogP contribution in [0.15, 0.2) is 64.7 Å². The first-order chi connectivity index (χ1) is 16.5. The Bertz CT molecular complexity index is 1420. The molecule has 4 aromatic rings. The predicted octanol–water partition coefficient (Wildman–Crippen LogP) is 5.04. The van der Waals surface area contributed by atoms with Crippen molar-refractivity contribution in [3.63, 3.8) is 0 Å². The number of amides is 1. The summed E-state index contributed by atoms with van der Waals surface area (Å²) in [7, 11) is 0. The van der Waals surface area contributed by atoms with Crippen LogP contribution in [0.1, 0.15) is 42.9 Å². The summed E-state index contributed by atoms with van der Waals surface area (Å²) >= 11 is 1.26. The van der Waals surface area contributed by atoms with Gasteiger partial charge in [0, 0.05) is 6.07 Å². The number of aromatic nitrogens is 4. The minimum Gasteiger partial charge on any atom is -0.310 e. The minimum atomic E-state index is -0.153. The maximum atomic E-state index is 13.5. The van der Waals surface area contributed by atoms with Gasteiger partial charge in [0.1, 0.15) is 5.82 Å². The Morgan fingerprint density at radius 3 is 2.74 bits per heavy atom. The number of nitrogens with zero attached hydrogens (tertiary/aromatic N) is 4. The second-order valence-corrected chi connectivity index (χ2v) is 9.72. The quantitative estimate of drug-likeness (QED) is 0.313. The molecule has 0 bridgehead atoms. The average Bonchev–Trinajstić information content (AvgIpc) is 3.52. The third-order valence-corrected chi connectivity index (χ3v) is 7.23. The monoisotopic (exact) mass is 473 g/mol. The van der Waals surface area contributed by atoms with Gasteiger partial charge in [-0.15, -0.1) is 0 Å². The zero-order valence-electron chi connectivity index (χ0n) is 19.3. The zero-order chi connectivity index (χ0) is 23.7. The maximum Gasteiger partial charge on any atom is 0.266 e. The van der Waals surface area contributed by atoms with Gasteiger partial charge < -0.3 is 5.32 Å². The second-order valence-electron chi connectivity index (χ2n) is 8.78. The molecule has 1 amide bonds. The molecule has 174 valence electrons. The highest BCUT2D eigenvalue weighted by atomic mass is 32.2. The largest absolute Gasteiger partial charge is 0.310 e. The number of thioether (sulfide) groups is 1. The maximum absolute atomic E-state index is 13.5. The molecule has 34 heavy (non-hydrogen) atoms. The first kappa shape index (κ1) is 22.4. The van der Waals surface area contributed by atoms with Crippen LogP contribution >= 0.6 is 11.8 Å². The van der Waals surface area contributed by atoms with E-state index in [1.54, 1.807) is 16.8 Å². The van der Waals surface area contributed by atoms with E-state index in [1.165, 1.54) is 24.6 Å². The molecule has 0 saturated heterocycles. The van der Waals surface area contributed by atoms with Crippen molar-refractivity contribution in [2.75, 3.05) is 11.1 Å². The summed E-state index contributed by atoms with van der Waals surface area (Å²) in [6, 6.07) is 15.5. The molecule has 7 nitrogen and oxygen atoms in total. The van der Waals surface area contributed by atoms with Gasteiger partial charge in [-0.3, -0.25) is 14.2 Å². The molecular weight excluding hydrogens is 446 g/mol. The highest BCUT2D eigenvalue weighted by Gasteiger charge is 2.21. The molecule has 1 fully saturated rings. The third-order valence-electron chi connectivity index (χ3n) is 6.29. The van der Waals surface area contributed by atoms with Crippen molar-refractivity contribution in [2.24, 2.45) is 0 Å². The number of benzene rings is 2. The standard InChI is InChI=1S/C26H27N5O2S/c1-17-11-12-18(2)22(15-17)30-25(33)20-9-5-6-10-21(20)28-26(30)34-16-24(32)29-23-13-14-27-31(23)19-7-3-4-8-19/h5-6,9-15,19H,3-4,7-8,16H2,1-2H3,(H,29,32). The molecule has 0 radical (unpaired) electrons. The summed E-state index contributed by atoms with van der Waals surface area (Å²) in [5.41, 5.74) is 3.29. The molecule has 2 aromatic heterocycles. The Hall–Kier alpha value is -3.39. The fraction of sp³-hybridized carbons (Fsp3) is 0.308. The van der Waals surface area contributed by atoms with Crippen LogP contribution in [0.3, 0.4) is 0 Å². The van der Waals surface area contributed by atoms with Gasteiger partial charge in [0.05, 0.1) is 34.6 Å². The number of carbonyl (C=O) groups is 1. The van der Waals surface area contributed by atoms with Crippen LogP contribution in [-0.2, 0) is 4.79 Å². The van der Waals surface area contributed by atoms with Gasteiger partial charge in [0.15, 0.2) is 5.16 Å². The van der Waals surface area contributed by atoms with Crippen LogP contribution in [0, 0.1) is 13.8 Å². The lowest BCUT2D eigenvalue weighted by molar-refractivity contribution is -0.113. The van der Waals surface area contributed by atoms with Gasteiger partial charge in [0.2, 0.25) is 5.91 Å². The molecule has 1 N–H and O–H groups in total. The van der Waals surface area contributed by atoms with E-state index in [0.29, 0.717) is 22.1 Å². The smallest absolute Gasteiger partial charge is 0.266 e. The third kappa shape index (κ3) is 4.37. The van der Waals surface area contributed by atoms with E-state index in [1.807, 2.05) is 61.0 Å². The lowest BCUT2D eigenvalue weighted by atomic mass is 10.1. The van der Waals surface area contributed by atoms with Crippen LogP contribution in [0.2, 0.25) is 0 Å². The van der Waals surface area contributed by atoms with Crippen LogP contribution in [0.4, 0.5) is 5.82 Å². The molecular formula is C26H27N5O2S. The molecule has 0 aliphatic heterocycles. The van der Waals surface area contributed by atoms with E-state index in [-0.39, 0.29) is 17.2 Å². The summed E-state index contributed by atoms with van der Waals surface area (Å²) in [5.74, 6) is 0.696. The topological polar surface area (TPSA) is 81.8 Å². The predicted molar refractivity (Wildman–Crippen MR) is 136 cm³/mol. The van der Waals surface area contributed by atoms with E-state index in [4.69, 9.17) is 4.98 Å². The van der Waals surface area contributed by atoms with Crippen molar-refractivity contribution in [3.8, 4) is 5.69 Å².